The maximum Gasteiger partial charge on any atom is 0.256 e. The summed E-state index contributed by atoms with van der Waals surface area (Å²) in [5.74, 6) is 5.58. The molecule has 1 aliphatic heterocycles. The number of hydrogen-bond acceptors (Lipinski definition) is 4. The molecule has 0 aromatic heterocycles. The summed E-state index contributed by atoms with van der Waals surface area (Å²) in [6.07, 6.45) is 1.16. The van der Waals surface area contributed by atoms with Crippen molar-refractivity contribution in [2.24, 2.45) is 5.84 Å². The summed E-state index contributed by atoms with van der Waals surface area (Å²) in [5.41, 5.74) is 5.07. The standard InChI is InChI=1S/C15H24N4O/c1-3-6-18-7-9-19(10-8-18)15(20)13-5-4-12(2)11-14(13)17-16/h4-5,11,17H,3,6-10,16H2,1-2H3. The molecule has 0 atom stereocenters. The van der Waals surface area contributed by atoms with Gasteiger partial charge in [0.1, 0.15) is 0 Å². The number of carbonyl (C=O) groups is 1. The van der Waals surface area contributed by atoms with E-state index in [1.54, 1.807) is 0 Å². The molecule has 3 N–H and O–H groups in total. The molecule has 1 aromatic rings. The molecule has 1 heterocycles. The highest BCUT2D eigenvalue weighted by Crippen LogP contribution is 2.19. The van der Waals surface area contributed by atoms with Gasteiger partial charge in [0, 0.05) is 26.2 Å². The van der Waals surface area contributed by atoms with Gasteiger partial charge in [-0.15, -0.1) is 0 Å². The number of nitrogen functional groups attached to an aromatic ring is 1. The molecule has 5 heteroatoms. The van der Waals surface area contributed by atoms with Crippen LogP contribution in [-0.2, 0) is 0 Å². The number of aryl methyl sites for hydroxylation is 1. The minimum atomic E-state index is 0.0640. The highest BCUT2D eigenvalue weighted by molar-refractivity contribution is 5.99. The van der Waals surface area contributed by atoms with E-state index in [4.69, 9.17) is 5.84 Å². The van der Waals surface area contributed by atoms with E-state index < -0.39 is 0 Å². The quantitative estimate of drug-likeness (QED) is 0.645. The summed E-state index contributed by atoms with van der Waals surface area (Å²) in [4.78, 5) is 16.9. The lowest BCUT2D eigenvalue weighted by Gasteiger charge is -2.34. The molecule has 110 valence electrons. The van der Waals surface area contributed by atoms with Gasteiger partial charge < -0.3 is 10.3 Å². The van der Waals surface area contributed by atoms with E-state index in [0.29, 0.717) is 11.3 Å². The number of benzene rings is 1. The zero-order valence-corrected chi connectivity index (χ0v) is 12.4. The van der Waals surface area contributed by atoms with Crippen LogP contribution in [0.25, 0.3) is 0 Å². The molecular weight excluding hydrogens is 252 g/mol. The van der Waals surface area contributed by atoms with E-state index in [2.05, 4.69) is 17.2 Å². The van der Waals surface area contributed by atoms with Crippen molar-refractivity contribution in [2.45, 2.75) is 20.3 Å². The van der Waals surface area contributed by atoms with Crippen molar-refractivity contribution >= 4 is 11.6 Å². The number of nitrogens with one attached hydrogen (secondary N) is 1. The van der Waals surface area contributed by atoms with Gasteiger partial charge in [-0.1, -0.05) is 13.0 Å². The van der Waals surface area contributed by atoms with Crippen LogP contribution < -0.4 is 11.3 Å². The molecule has 0 radical (unpaired) electrons. The number of carbonyl (C=O) groups excluding carboxylic acids is 1. The van der Waals surface area contributed by atoms with Gasteiger partial charge in [0.15, 0.2) is 0 Å². The van der Waals surface area contributed by atoms with Crippen molar-refractivity contribution in [1.29, 1.82) is 0 Å². The molecule has 2 rings (SSSR count). The summed E-state index contributed by atoms with van der Waals surface area (Å²) >= 11 is 0. The smallest absolute Gasteiger partial charge is 0.256 e. The van der Waals surface area contributed by atoms with Crippen molar-refractivity contribution < 1.29 is 4.79 Å². The van der Waals surface area contributed by atoms with E-state index >= 15 is 0 Å². The molecule has 0 unspecified atom stereocenters. The lowest BCUT2D eigenvalue weighted by Crippen LogP contribution is -2.48. The van der Waals surface area contributed by atoms with Crippen molar-refractivity contribution in [1.82, 2.24) is 9.80 Å². The summed E-state index contributed by atoms with van der Waals surface area (Å²) < 4.78 is 0. The van der Waals surface area contributed by atoms with Crippen molar-refractivity contribution in [3.63, 3.8) is 0 Å². The predicted octanol–water partition coefficient (Wildman–Crippen LogP) is 1.45. The third-order valence-electron chi connectivity index (χ3n) is 3.76. The van der Waals surface area contributed by atoms with Gasteiger partial charge in [0.05, 0.1) is 11.3 Å². The van der Waals surface area contributed by atoms with E-state index in [0.717, 1.165) is 44.7 Å². The highest BCUT2D eigenvalue weighted by Gasteiger charge is 2.23. The fraction of sp³-hybridized carbons (Fsp3) is 0.533. The summed E-state index contributed by atoms with van der Waals surface area (Å²) in [6, 6.07) is 5.70. The molecule has 0 aliphatic carbocycles. The Morgan fingerprint density at radius 3 is 2.60 bits per heavy atom. The second kappa shape index (κ2) is 6.72. The Hall–Kier alpha value is -1.59. The fourth-order valence-corrected chi connectivity index (χ4v) is 2.63. The zero-order chi connectivity index (χ0) is 14.5. The Morgan fingerprint density at radius 1 is 1.30 bits per heavy atom. The second-order valence-electron chi connectivity index (χ2n) is 5.33. The van der Waals surface area contributed by atoms with E-state index in [1.165, 1.54) is 0 Å². The molecule has 0 saturated carbocycles. The van der Waals surface area contributed by atoms with Crippen LogP contribution in [0, 0.1) is 6.92 Å². The first-order valence-electron chi connectivity index (χ1n) is 7.24. The second-order valence-corrected chi connectivity index (χ2v) is 5.33. The molecule has 1 amide bonds. The molecule has 1 aromatic carbocycles. The Balaban J connectivity index is 2.05. The van der Waals surface area contributed by atoms with Crippen LogP contribution in [-0.4, -0.2) is 48.4 Å². The summed E-state index contributed by atoms with van der Waals surface area (Å²) in [5, 5.41) is 0. The number of nitrogens with zero attached hydrogens (tertiary/aromatic N) is 2. The molecule has 20 heavy (non-hydrogen) atoms. The van der Waals surface area contributed by atoms with Crippen molar-refractivity contribution in [3.05, 3.63) is 29.3 Å². The van der Waals surface area contributed by atoms with Gasteiger partial charge in [-0.25, -0.2) is 0 Å². The van der Waals surface area contributed by atoms with Crippen LogP contribution in [0.5, 0.6) is 0 Å². The van der Waals surface area contributed by atoms with Gasteiger partial charge in [-0.05, 0) is 37.6 Å². The first-order valence-corrected chi connectivity index (χ1v) is 7.24. The SMILES string of the molecule is CCCN1CCN(C(=O)c2ccc(C)cc2NN)CC1. The van der Waals surface area contributed by atoms with Crippen molar-refractivity contribution in [3.8, 4) is 0 Å². The first-order chi connectivity index (χ1) is 9.65. The molecule has 1 fully saturated rings. The number of piperazine rings is 1. The number of nitrogens with two attached hydrogens (primary N) is 1. The molecule has 0 bridgehead atoms. The van der Waals surface area contributed by atoms with Gasteiger partial charge in [-0.3, -0.25) is 15.5 Å². The third-order valence-corrected chi connectivity index (χ3v) is 3.76. The topological polar surface area (TPSA) is 61.6 Å². The van der Waals surface area contributed by atoms with Gasteiger partial charge in [0.2, 0.25) is 0 Å². The third kappa shape index (κ3) is 3.29. The monoisotopic (exact) mass is 276 g/mol. The van der Waals surface area contributed by atoms with Crippen LogP contribution in [0.1, 0.15) is 29.3 Å². The minimum Gasteiger partial charge on any atom is -0.336 e. The lowest BCUT2D eigenvalue weighted by molar-refractivity contribution is 0.0638. The lowest BCUT2D eigenvalue weighted by atomic mass is 10.1. The minimum absolute atomic E-state index is 0.0640. The maximum absolute atomic E-state index is 12.6. The van der Waals surface area contributed by atoms with Crippen LogP contribution >= 0.6 is 0 Å². The summed E-state index contributed by atoms with van der Waals surface area (Å²) in [7, 11) is 0. The summed E-state index contributed by atoms with van der Waals surface area (Å²) in [6.45, 7) is 8.77. The van der Waals surface area contributed by atoms with Gasteiger partial charge in [-0.2, -0.15) is 0 Å². The Labute approximate surface area is 120 Å². The normalized spacial score (nSPS) is 16.2. The first kappa shape index (κ1) is 14.8. The number of rotatable bonds is 4. The average molecular weight is 276 g/mol. The van der Waals surface area contributed by atoms with Crippen LogP contribution in [0.15, 0.2) is 18.2 Å². The number of hydrogen-bond donors (Lipinski definition) is 2. The highest BCUT2D eigenvalue weighted by atomic mass is 16.2. The number of anilines is 1. The molecule has 0 spiro atoms. The zero-order valence-electron chi connectivity index (χ0n) is 12.4. The van der Waals surface area contributed by atoms with Crippen LogP contribution in [0.3, 0.4) is 0 Å². The number of amides is 1. The van der Waals surface area contributed by atoms with E-state index in [-0.39, 0.29) is 5.91 Å². The number of hydrazine groups is 1. The molecule has 5 nitrogen and oxygen atoms in total. The largest absolute Gasteiger partial charge is 0.336 e. The maximum atomic E-state index is 12.6. The van der Waals surface area contributed by atoms with Crippen LogP contribution in [0.2, 0.25) is 0 Å². The predicted molar refractivity (Wildman–Crippen MR) is 81.6 cm³/mol. The van der Waals surface area contributed by atoms with E-state index in [1.807, 2.05) is 30.0 Å². The molecule has 1 saturated heterocycles. The fourth-order valence-electron chi connectivity index (χ4n) is 2.63. The van der Waals surface area contributed by atoms with Gasteiger partial charge >= 0.3 is 0 Å². The van der Waals surface area contributed by atoms with E-state index in [9.17, 15) is 4.79 Å². The molecule has 1 aliphatic rings. The molecular formula is C15H24N4O. The van der Waals surface area contributed by atoms with Crippen LogP contribution in [0.4, 0.5) is 5.69 Å². The average Bonchev–Trinajstić information content (AvgIpc) is 2.47. The Morgan fingerprint density at radius 2 is 2.00 bits per heavy atom. The Kier molecular flexibility index (Phi) is 4.98. The Bertz CT molecular complexity index is 467. The van der Waals surface area contributed by atoms with Gasteiger partial charge in [0.25, 0.3) is 5.91 Å². The van der Waals surface area contributed by atoms with Crippen molar-refractivity contribution in [2.75, 3.05) is 38.1 Å².